The van der Waals surface area contributed by atoms with E-state index in [0.29, 0.717) is 40.9 Å². The minimum Gasteiger partial charge on any atom is -0.497 e. The first-order chi connectivity index (χ1) is 17.9. The summed E-state index contributed by atoms with van der Waals surface area (Å²) in [7, 11) is 3.18. The van der Waals surface area contributed by atoms with Crippen LogP contribution in [0.15, 0.2) is 72.3 Å². The van der Waals surface area contributed by atoms with E-state index in [9.17, 15) is 9.59 Å². The summed E-state index contributed by atoms with van der Waals surface area (Å²) in [6.07, 6.45) is 1.51. The van der Waals surface area contributed by atoms with Crippen molar-refractivity contribution in [2.24, 2.45) is 0 Å². The van der Waals surface area contributed by atoms with Crippen LogP contribution in [-0.4, -0.2) is 37.8 Å². The second-order valence-corrected chi connectivity index (χ2v) is 8.29. The monoisotopic (exact) mass is 518 g/mol. The van der Waals surface area contributed by atoms with Crippen molar-refractivity contribution in [1.29, 1.82) is 0 Å². The predicted octanol–water partition coefficient (Wildman–Crippen LogP) is 4.51. The third-order valence-electron chi connectivity index (χ3n) is 5.57. The zero-order valence-electron chi connectivity index (χ0n) is 20.6. The third kappa shape index (κ3) is 5.73. The number of benzene rings is 3. The van der Waals surface area contributed by atoms with Crippen LogP contribution >= 0.6 is 12.2 Å². The van der Waals surface area contributed by atoms with Gasteiger partial charge in [0.15, 0.2) is 16.6 Å². The minimum absolute atomic E-state index is 0.0325. The van der Waals surface area contributed by atoms with Crippen LogP contribution in [0.5, 0.6) is 23.0 Å². The zero-order valence-corrected chi connectivity index (χ0v) is 21.5. The number of hydrogen-bond donors (Lipinski definition) is 1. The molecule has 0 aromatic heterocycles. The molecular weight excluding hydrogens is 492 g/mol. The minimum atomic E-state index is -0.564. The molecule has 9 heteroatoms. The molecule has 190 valence electrons. The molecule has 1 saturated heterocycles. The number of rotatable bonds is 9. The van der Waals surface area contributed by atoms with Crippen molar-refractivity contribution in [3.63, 3.8) is 0 Å². The molecule has 1 N–H and O–H groups in total. The van der Waals surface area contributed by atoms with Gasteiger partial charge in [-0.05, 0) is 73.2 Å². The normalized spacial score (nSPS) is 14.4. The lowest BCUT2D eigenvalue weighted by Gasteiger charge is -2.28. The van der Waals surface area contributed by atoms with Crippen LogP contribution in [0.3, 0.4) is 0 Å². The molecule has 4 rings (SSSR count). The average molecular weight is 519 g/mol. The van der Waals surface area contributed by atoms with E-state index in [1.807, 2.05) is 31.2 Å². The lowest BCUT2D eigenvalue weighted by atomic mass is 10.1. The van der Waals surface area contributed by atoms with Gasteiger partial charge in [-0.15, -0.1) is 0 Å². The molecule has 1 fully saturated rings. The van der Waals surface area contributed by atoms with Crippen LogP contribution in [0.1, 0.15) is 18.1 Å². The number of carbonyl (C=O) groups is 2. The number of nitrogens with one attached hydrogen (secondary N) is 1. The van der Waals surface area contributed by atoms with Crippen molar-refractivity contribution in [1.82, 2.24) is 5.32 Å². The van der Waals surface area contributed by atoms with Gasteiger partial charge in [0.05, 0.1) is 26.5 Å². The second-order valence-electron chi connectivity index (χ2n) is 7.90. The summed E-state index contributed by atoms with van der Waals surface area (Å²) in [5, 5.41) is 2.62. The summed E-state index contributed by atoms with van der Waals surface area (Å²) in [6.45, 7) is 2.47. The molecule has 1 heterocycles. The molecule has 3 aromatic carbocycles. The summed E-state index contributed by atoms with van der Waals surface area (Å²) >= 11 is 5.25. The molecule has 3 aromatic rings. The lowest BCUT2D eigenvalue weighted by molar-refractivity contribution is -0.122. The molecule has 0 atom stereocenters. The highest BCUT2D eigenvalue weighted by Crippen LogP contribution is 2.32. The van der Waals surface area contributed by atoms with Gasteiger partial charge >= 0.3 is 0 Å². The largest absolute Gasteiger partial charge is 0.497 e. The molecule has 8 nitrogen and oxygen atoms in total. The smallest absolute Gasteiger partial charge is 0.270 e. The zero-order chi connectivity index (χ0) is 26.4. The molecule has 0 spiro atoms. The van der Waals surface area contributed by atoms with Crippen LogP contribution in [0.25, 0.3) is 6.08 Å². The first-order valence-electron chi connectivity index (χ1n) is 11.5. The fourth-order valence-corrected chi connectivity index (χ4v) is 4.07. The number of methoxy groups -OCH3 is 2. The van der Waals surface area contributed by atoms with E-state index in [4.69, 9.17) is 31.2 Å². The second kappa shape index (κ2) is 11.6. The SMILES string of the molecule is CCOc1cc(/C=C2\C(=O)NC(=S)N(c3ccccc3)C2=O)ccc1OCc1cc(OC)ccc1OC. The number of nitrogens with zero attached hydrogens (tertiary/aromatic N) is 1. The van der Waals surface area contributed by atoms with Crippen molar-refractivity contribution in [2.75, 3.05) is 25.7 Å². The van der Waals surface area contributed by atoms with Gasteiger partial charge in [-0.1, -0.05) is 24.3 Å². The summed E-state index contributed by atoms with van der Waals surface area (Å²) in [6, 6.07) is 19.6. The fourth-order valence-electron chi connectivity index (χ4n) is 3.79. The average Bonchev–Trinajstić information content (AvgIpc) is 2.91. The Morgan fingerprint density at radius 3 is 2.35 bits per heavy atom. The third-order valence-corrected chi connectivity index (χ3v) is 5.85. The Bertz CT molecular complexity index is 1360. The number of ether oxygens (including phenoxy) is 4. The highest BCUT2D eigenvalue weighted by Gasteiger charge is 2.34. The van der Waals surface area contributed by atoms with E-state index in [0.717, 1.165) is 5.56 Å². The highest BCUT2D eigenvalue weighted by molar-refractivity contribution is 7.80. The van der Waals surface area contributed by atoms with E-state index >= 15 is 0 Å². The van der Waals surface area contributed by atoms with Crippen molar-refractivity contribution in [2.45, 2.75) is 13.5 Å². The first-order valence-corrected chi connectivity index (χ1v) is 11.9. The molecule has 37 heavy (non-hydrogen) atoms. The number of amides is 2. The van der Waals surface area contributed by atoms with Gasteiger partial charge < -0.3 is 18.9 Å². The number of hydrogen-bond acceptors (Lipinski definition) is 7. The van der Waals surface area contributed by atoms with Crippen LogP contribution in [0, 0.1) is 0 Å². The Hall–Kier alpha value is -4.37. The molecule has 0 saturated carbocycles. The summed E-state index contributed by atoms with van der Waals surface area (Å²) < 4.78 is 22.6. The van der Waals surface area contributed by atoms with Crippen LogP contribution in [0.2, 0.25) is 0 Å². The fraction of sp³-hybridized carbons (Fsp3) is 0.179. The van der Waals surface area contributed by atoms with Crippen LogP contribution < -0.4 is 29.2 Å². The summed E-state index contributed by atoms with van der Waals surface area (Å²) in [5.41, 5.74) is 1.91. The molecule has 0 bridgehead atoms. The molecule has 2 amide bonds. The molecule has 1 aliphatic rings. The van der Waals surface area contributed by atoms with Crippen LogP contribution in [-0.2, 0) is 16.2 Å². The van der Waals surface area contributed by atoms with E-state index in [2.05, 4.69) is 5.32 Å². The number of para-hydroxylation sites is 1. The maximum atomic E-state index is 13.2. The van der Waals surface area contributed by atoms with Crippen molar-refractivity contribution in [3.8, 4) is 23.0 Å². The number of anilines is 1. The topological polar surface area (TPSA) is 86.3 Å². The van der Waals surface area contributed by atoms with Gasteiger partial charge in [0.25, 0.3) is 11.8 Å². The first kappa shape index (κ1) is 25.7. The predicted molar refractivity (Wildman–Crippen MR) is 144 cm³/mol. The van der Waals surface area contributed by atoms with E-state index < -0.39 is 11.8 Å². The van der Waals surface area contributed by atoms with Gasteiger partial charge in [-0.3, -0.25) is 19.8 Å². The van der Waals surface area contributed by atoms with Gasteiger partial charge in [0, 0.05) is 5.56 Å². The summed E-state index contributed by atoms with van der Waals surface area (Å²) in [5.74, 6) is 1.25. The highest BCUT2D eigenvalue weighted by atomic mass is 32.1. The molecule has 1 aliphatic heterocycles. The van der Waals surface area contributed by atoms with Crippen LogP contribution in [0.4, 0.5) is 5.69 Å². The Kier molecular flexibility index (Phi) is 8.05. The van der Waals surface area contributed by atoms with E-state index in [1.54, 1.807) is 56.7 Å². The Morgan fingerprint density at radius 2 is 1.65 bits per heavy atom. The lowest BCUT2D eigenvalue weighted by Crippen LogP contribution is -2.54. The van der Waals surface area contributed by atoms with Crippen molar-refractivity contribution in [3.05, 3.63) is 83.4 Å². The maximum absolute atomic E-state index is 13.2. The molecule has 0 aliphatic carbocycles. The maximum Gasteiger partial charge on any atom is 0.270 e. The van der Waals surface area contributed by atoms with Crippen molar-refractivity contribution >= 4 is 40.9 Å². The Labute approximate surface area is 220 Å². The summed E-state index contributed by atoms with van der Waals surface area (Å²) in [4.78, 5) is 27.2. The number of thiocarbonyl (C=S) groups is 1. The Morgan fingerprint density at radius 1 is 0.892 bits per heavy atom. The molecule has 0 radical (unpaired) electrons. The van der Waals surface area contributed by atoms with E-state index in [-0.39, 0.29) is 17.3 Å². The Balaban J connectivity index is 1.61. The quantitative estimate of drug-likeness (QED) is 0.253. The number of carbonyl (C=O) groups excluding carboxylic acids is 2. The molecular formula is C28H26N2O6S. The van der Waals surface area contributed by atoms with Crippen molar-refractivity contribution < 1.29 is 28.5 Å². The standard InChI is InChI=1S/C28H26N2O6S/c1-4-35-25-15-18(10-12-24(25)36-17-19-16-21(33-2)11-13-23(19)34-3)14-22-26(31)29-28(37)30(27(22)32)20-8-6-5-7-9-20/h5-16H,4,17H2,1-3H3,(H,29,31,37)/b22-14+. The molecule has 0 unspecified atom stereocenters. The van der Waals surface area contributed by atoms with Gasteiger partial charge in [0.2, 0.25) is 0 Å². The van der Waals surface area contributed by atoms with E-state index in [1.165, 1.54) is 11.0 Å². The van der Waals surface area contributed by atoms with Gasteiger partial charge in [0.1, 0.15) is 23.7 Å². The van der Waals surface area contributed by atoms with Gasteiger partial charge in [-0.25, -0.2) is 0 Å². The van der Waals surface area contributed by atoms with Gasteiger partial charge in [-0.2, -0.15) is 0 Å².